The zero-order valence-corrected chi connectivity index (χ0v) is 14.0. The normalized spacial score (nSPS) is 11.5. The molecule has 0 radical (unpaired) electrons. The molecule has 1 amide bonds. The van der Waals surface area contributed by atoms with Crippen LogP contribution >= 0.6 is 0 Å². The molecular formula is C14H28N2O6. The summed E-state index contributed by atoms with van der Waals surface area (Å²) >= 11 is 0. The van der Waals surface area contributed by atoms with Crippen LogP contribution in [0.4, 0.5) is 4.79 Å². The number of hydrogen-bond acceptors (Lipinski definition) is 6. The quantitative estimate of drug-likeness (QED) is 0.496. The van der Waals surface area contributed by atoms with Gasteiger partial charge in [-0.25, -0.2) is 9.59 Å². The number of nitrogens with two attached hydrogens (primary N) is 1. The number of ether oxygens (including phenoxy) is 2. The van der Waals surface area contributed by atoms with Gasteiger partial charge in [0.25, 0.3) is 5.97 Å². The van der Waals surface area contributed by atoms with Gasteiger partial charge in [-0.3, -0.25) is 4.79 Å². The molecule has 0 aliphatic rings. The number of carboxylic acid groups (broad SMARTS) is 1. The van der Waals surface area contributed by atoms with Crippen LogP contribution in [0.25, 0.3) is 0 Å². The molecule has 130 valence electrons. The lowest BCUT2D eigenvalue weighted by Gasteiger charge is -2.22. The van der Waals surface area contributed by atoms with Crippen LogP contribution < -0.4 is 11.1 Å². The number of alkyl carbamates (subject to hydrolysis) is 1. The number of amides is 1. The molecule has 0 aliphatic carbocycles. The van der Waals surface area contributed by atoms with Crippen LogP contribution in [0.1, 0.15) is 47.0 Å². The molecule has 0 saturated heterocycles. The highest BCUT2D eigenvalue weighted by Gasteiger charge is 2.24. The van der Waals surface area contributed by atoms with Crippen LogP contribution in [0.2, 0.25) is 0 Å². The average molecular weight is 320 g/mol. The second kappa shape index (κ2) is 11.8. The van der Waals surface area contributed by atoms with Gasteiger partial charge in [0, 0.05) is 6.92 Å². The zero-order chi connectivity index (χ0) is 17.8. The molecule has 0 spiro atoms. The van der Waals surface area contributed by atoms with Gasteiger partial charge in [0.2, 0.25) is 0 Å². The molecule has 0 aromatic heterocycles. The number of methoxy groups -OCH3 is 1. The van der Waals surface area contributed by atoms with Gasteiger partial charge in [0.05, 0.1) is 7.11 Å². The molecule has 22 heavy (non-hydrogen) atoms. The maximum absolute atomic E-state index is 11.6. The number of carboxylic acids is 1. The summed E-state index contributed by atoms with van der Waals surface area (Å²) in [6, 6.07) is -0.684. The molecule has 0 aromatic carbocycles. The van der Waals surface area contributed by atoms with Crippen molar-refractivity contribution in [1.82, 2.24) is 5.32 Å². The molecule has 0 aliphatic heterocycles. The molecule has 0 saturated carbocycles. The van der Waals surface area contributed by atoms with Crippen LogP contribution in [0.3, 0.4) is 0 Å². The summed E-state index contributed by atoms with van der Waals surface area (Å²) in [5, 5.41) is 9.92. The van der Waals surface area contributed by atoms with E-state index < -0.39 is 29.7 Å². The number of unbranched alkanes of at least 4 members (excludes halogenated alkanes) is 1. The van der Waals surface area contributed by atoms with Gasteiger partial charge in [-0.15, -0.1) is 0 Å². The third-order valence-electron chi connectivity index (χ3n) is 2.12. The minimum Gasteiger partial charge on any atom is -0.481 e. The number of hydrogen-bond donors (Lipinski definition) is 3. The van der Waals surface area contributed by atoms with E-state index in [2.05, 4.69) is 10.1 Å². The maximum Gasteiger partial charge on any atom is 0.408 e. The summed E-state index contributed by atoms with van der Waals surface area (Å²) < 4.78 is 9.72. The average Bonchev–Trinajstić information content (AvgIpc) is 2.34. The predicted molar refractivity (Wildman–Crippen MR) is 81.4 cm³/mol. The van der Waals surface area contributed by atoms with E-state index in [9.17, 15) is 9.59 Å². The molecule has 4 N–H and O–H groups in total. The van der Waals surface area contributed by atoms with E-state index in [4.69, 9.17) is 20.4 Å². The van der Waals surface area contributed by atoms with Crippen LogP contribution in [-0.2, 0) is 19.1 Å². The number of aliphatic carboxylic acids is 1. The zero-order valence-electron chi connectivity index (χ0n) is 14.0. The molecule has 1 atom stereocenters. The number of esters is 1. The van der Waals surface area contributed by atoms with Crippen molar-refractivity contribution in [2.45, 2.75) is 58.6 Å². The Bertz CT molecular complexity index is 348. The Labute approximate surface area is 131 Å². The molecule has 8 nitrogen and oxygen atoms in total. The summed E-state index contributed by atoms with van der Waals surface area (Å²) in [4.78, 5) is 32.0. The second-order valence-electron chi connectivity index (χ2n) is 5.53. The van der Waals surface area contributed by atoms with Gasteiger partial charge >= 0.3 is 12.1 Å². The second-order valence-corrected chi connectivity index (χ2v) is 5.53. The van der Waals surface area contributed by atoms with E-state index in [1.54, 1.807) is 20.8 Å². The van der Waals surface area contributed by atoms with Crippen molar-refractivity contribution in [3.8, 4) is 0 Å². The predicted octanol–water partition coefficient (Wildman–Crippen LogP) is 1.27. The monoisotopic (exact) mass is 320 g/mol. The van der Waals surface area contributed by atoms with Crippen molar-refractivity contribution in [3.05, 3.63) is 0 Å². The van der Waals surface area contributed by atoms with Gasteiger partial charge in [0.1, 0.15) is 11.6 Å². The molecule has 0 heterocycles. The van der Waals surface area contributed by atoms with Gasteiger partial charge in [-0.05, 0) is 46.6 Å². The van der Waals surface area contributed by atoms with Crippen LogP contribution in [0.5, 0.6) is 0 Å². The van der Waals surface area contributed by atoms with Crippen molar-refractivity contribution in [3.63, 3.8) is 0 Å². The Morgan fingerprint density at radius 3 is 2.09 bits per heavy atom. The Morgan fingerprint density at radius 2 is 1.73 bits per heavy atom. The molecular weight excluding hydrogens is 292 g/mol. The highest BCUT2D eigenvalue weighted by Crippen LogP contribution is 2.08. The van der Waals surface area contributed by atoms with Crippen LogP contribution in [-0.4, -0.2) is 48.4 Å². The number of rotatable bonds is 6. The first-order valence-corrected chi connectivity index (χ1v) is 7.00. The largest absolute Gasteiger partial charge is 0.481 e. The standard InChI is InChI=1S/C12H24N2O4.C2H4O2/c1-12(2,3)18-11(16)14-9(10(15)17-4)7-5-6-8-13;1-2(3)4/h9H,5-8,13H2,1-4H3,(H,14,16);1H3,(H,3,4)/t9-;/m0./s1. The fourth-order valence-electron chi connectivity index (χ4n) is 1.33. The fourth-order valence-corrected chi connectivity index (χ4v) is 1.33. The first kappa shape index (κ1) is 22.5. The van der Waals surface area contributed by atoms with E-state index in [0.717, 1.165) is 19.8 Å². The Balaban J connectivity index is 0. The number of carbonyl (C=O) groups excluding carboxylic acids is 2. The molecule has 8 heteroatoms. The third kappa shape index (κ3) is 16.2. The van der Waals surface area contributed by atoms with E-state index in [0.29, 0.717) is 13.0 Å². The van der Waals surface area contributed by atoms with Crippen molar-refractivity contribution in [2.24, 2.45) is 5.73 Å². The van der Waals surface area contributed by atoms with Crippen molar-refractivity contribution >= 4 is 18.0 Å². The lowest BCUT2D eigenvalue weighted by atomic mass is 10.1. The summed E-state index contributed by atoms with van der Waals surface area (Å²) in [5.41, 5.74) is 4.78. The van der Waals surface area contributed by atoms with Crippen molar-refractivity contribution in [1.29, 1.82) is 0 Å². The molecule has 0 unspecified atom stereocenters. The molecule has 0 aromatic rings. The number of nitrogens with one attached hydrogen (secondary N) is 1. The van der Waals surface area contributed by atoms with Gasteiger partial charge < -0.3 is 25.6 Å². The van der Waals surface area contributed by atoms with Gasteiger partial charge in [-0.2, -0.15) is 0 Å². The summed E-state index contributed by atoms with van der Waals surface area (Å²) in [6.45, 7) is 6.91. The van der Waals surface area contributed by atoms with Crippen molar-refractivity contribution in [2.75, 3.05) is 13.7 Å². The van der Waals surface area contributed by atoms with E-state index in [-0.39, 0.29) is 0 Å². The first-order valence-electron chi connectivity index (χ1n) is 7.00. The van der Waals surface area contributed by atoms with Gasteiger partial charge in [-0.1, -0.05) is 0 Å². The molecule has 0 rings (SSSR count). The van der Waals surface area contributed by atoms with Crippen molar-refractivity contribution < 1.29 is 29.0 Å². The highest BCUT2D eigenvalue weighted by atomic mass is 16.6. The Hall–Kier alpha value is -1.83. The first-order chi connectivity index (χ1) is 10.0. The summed E-state index contributed by atoms with van der Waals surface area (Å²) in [6.07, 6.45) is 1.41. The van der Waals surface area contributed by atoms with E-state index >= 15 is 0 Å². The molecule has 0 fully saturated rings. The van der Waals surface area contributed by atoms with Crippen LogP contribution in [0, 0.1) is 0 Å². The van der Waals surface area contributed by atoms with E-state index in [1.165, 1.54) is 7.11 Å². The lowest BCUT2D eigenvalue weighted by molar-refractivity contribution is -0.143. The van der Waals surface area contributed by atoms with E-state index in [1.807, 2.05) is 0 Å². The maximum atomic E-state index is 11.6. The lowest BCUT2D eigenvalue weighted by Crippen LogP contribution is -2.44. The fraction of sp³-hybridized carbons (Fsp3) is 0.786. The van der Waals surface area contributed by atoms with Gasteiger partial charge in [0.15, 0.2) is 0 Å². The minimum absolute atomic E-state index is 0.474. The Morgan fingerprint density at radius 1 is 1.23 bits per heavy atom. The minimum atomic E-state index is -0.833. The molecule has 0 bridgehead atoms. The summed E-state index contributed by atoms with van der Waals surface area (Å²) in [5.74, 6) is -1.31. The topological polar surface area (TPSA) is 128 Å². The smallest absolute Gasteiger partial charge is 0.408 e. The Kier molecular flexibility index (Phi) is 12.0. The SMILES string of the molecule is CC(=O)O.COC(=O)[C@H](CCCCN)NC(=O)OC(C)(C)C. The van der Waals surface area contributed by atoms with Crippen LogP contribution in [0.15, 0.2) is 0 Å². The summed E-state index contributed by atoms with van der Waals surface area (Å²) in [7, 11) is 1.29. The number of carbonyl (C=O) groups is 3. The third-order valence-corrected chi connectivity index (χ3v) is 2.12. The highest BCUT2D eigenvalue weighted by molar-refractivity contribution is 5.81.